The molecule has 1 aliphatic carbocycles. The summed E-state index contributed by atoms with van der Waals surface area (Å²) in [4.78, 5) is 28.9. The van der Waals surface area contributed by atoms with Crippen LogP contribution in [0.1, 0.15) is 47.3 Å². The predicted octanol–water partition coefficient (Wildman–Crippen LogP) is 2.13. The fourth-order valence-corrected chi connectivity index (χ4v) is 3.48. The Bertz CT molecular complexity index is 1020. The van der Waals surface area contributed by atoms with Gasteiger partial charge in [-0.3, -0.25) is 9.59 Å². The van der Waals surface area contributed by atoms with Gasteiger partial charge in [0.15, 0.2) is 5.69 Å². The Kier molecular flexibility index (Phi) is 4.28. The second-order valence-electron chi connectivity index (χ2n) is 6.72. The zero-order valence-electron chi connectivity index (χ0n) is 14.7. The lowest BCUT2D eigenvalue weighted by Crippen LogP contribution is -2.29. The number of nitrogens with one attached hydrogen (secondary N) is 2. The van der Waals surface area contributed by atoms with Crippen LogP contribution in [0.15, 0.2) is 35.3 Å². The molecule has 0 aliphatic heterocycles. The van der Waals surface area contributed by atoms with Crippen LogP contribution < -0.4 is 10.9 Å². The Balaban J connectivity index is 1.47. The van der Waals surface area contributed by atoms with Crippen molar-refractivity contribution < 1.29 is 4.79 Å². The molecule has 134 valence electrons. The van der Waals surface area contributed by atoms with Crippen molar-refractivity contribution in [2.45, 2.75) is 38.6 Å². The zero-order valence-corrected chi connectivity index (χ0v) is 14.7. The summed E-state index contributed by atoms with van der Waals surface area (Å²) in [7, 11) is 0. The number of rotatable bonds is 5. The van der Waals surface area contributed by atoms with Gasteiger partial charge in [-0.25, -0.2) is 10.1 Å². The van der Waals surface area contributed by atoms with Crippen LogP contribution in [0.3, 0.4) is 0 Å². The van der Waals surface area contributed by atoms with Gasteiger partial charge >= 0.3 is 0 Å². The number of benzene rings is 1. The fourth-order valence-electron chi connectivity index (χ4n) is 3.48. The number of amides is 1. The number of nitrogens with zero attached hydrogens (tertiary/aromatic N) is 3. The van der Waals surface area contributed by atoms with Crippen molar-refractivity contribution in [1.29, 1.82) is 0 Å². The lowest BCUT2D eigenvalue weighted by atomic mass is 9.92. The highest BCUT2D eigenvalue weighted by atomic mass is 16.2. The summed E-state index contributed by atoms with van der Waals surface area (Å²) in [6, 6.07) is 7.53. The number of aryl methyl sites for hydroxylation is 1. The number of imidazole rings is 1. The van der Waals surface area contributed by atoms with E-state index in [0.717, 1.165) is 5.82 Å². The van der Waals surface area contributed by atoms with Crippen LogP contribution in [0.5, 0.6) is 0 Å². The van der Waals surface area contributed by atoms with Crippen molar-refractivity contribution in [3.05, 3.63) is 58.0 Å². The van der Waals surface area contributed by atoms with Crippen molar-refractivity contribution in [1.82, 2.24) is 25.1 Å². The number of fused-ring (bicyclic) bond motifs is 1. The van der Waals surface area contributed by atoms with Gasteiger partial charge in [0.05, 0.1) is 5.39 Å². The van der Waals surface area contributed by atoms with E-state index < -0.39 is 0 Å². The molecule has 2 heterocycles. The standard InChI is InChI=1S/C19H21N5O2/c1-12-11-21-16(24(12)13-5-4-6-13)9-10-20-19(26)17-14-7-2-3-8-15(14)18(25)23-22-17/h2-3,7-8,11,13H,4-6,9-10H2,1H3,(H,20,26)(H,23,25). The third-order valence-electron chi connectivity index (χ3n) is 5.04. The first kappa shape index (κ1) is 16.5. The Hall–Kier alpha value is -2.96. The molecular formula is C19H21N5O2. The van der Waals surface area contributed by atoms with E-state index in [9.17, 15) is 9.59 Å². The van der Waals surface area contributed by atoms with Gasteiger partial charge < -0.3 is 9.88 Å². The molecule has 2 aromatic heterocycles. The molecule has 1 aliphatic rings. The average molecular weight is 351 g/mol. The van der Waals surface area contributed by atoms with E-state index in [1.54, 1.807) is 24.3 Å². The molecule has 7 nitrogen and oxygen atoms in total. The number of carbonyl (C=O) groups is 1. The molecule has 2 N–H and O–H groups in total. The van der Waals surface area contributed by atoms with Gasteiger partial charge in [-0.1, -0.05) is 18.2 Å². The second-order valence-corrected chi connectivity index (χ2v) is 6.72. The van der Waals surface area contributed by atoms with Crippen molar-refractivity contribution in [2.75, 3.05) is 6.54 Å². The minimum atomic E-state index is -0.296. The van der Waals surface area contributed by atoms with Gasteiger partial charge in [0.2, 0.25) is 0 Å². The highest BCUT2D eigenvalue weighted by molar-refractivity contribution is 6.04. The summed E-state index contributed by atoms with van der Waals surface area (Å²) in [6.45, 7) is 2.54. The van der Waals surface area contributed by atoms with Gasteiger partial charge in [0.1, 0.15) is 5.82 Å². The first-order valence-corrected chi connectivity index (χ1v) is 8.93. The van der Waals surface area contributed by atoms with E-state index in [1.807, 2.05) is 6.20 Å². The Morgan fingerprint density at radius 3 is 2.81 bits per heavy atom. The summed E-state index contributed by atoms with van der Waals surface area (Å²) >= 11 is 0. The third-order valence-corrected chi connectivity index (χ3v) is 5.04. The predicted molar refractivity (Wildman–Crippen MR) is 98.3 cm³/mol. The van der Waals surface area contributed by atoms with Crippen LogP contribution in [0.2, 0.25) is 0 Å². The molecule has 1 fully saturated rings. The molecular weight excluding hydrogens is 330 g/mol. The minimum Gasteiger partial charge on any atom is -0.350 e. The zero-order chi connectivity index (χ0) is 18.1. The van der Waals surface area contributed by atoms with Crippen LogP contribution in [0, 0.1) is 6.92 Å². The maximum atomic E-state index is 12.5. The van der Waals surface area contributed by atoms with Crippen LogP contribution in [-0.4, -0.2) is 32.2 Å². The van der Waals surface area contributed by atoms with Crippen molar-refractivity contribution >= 4 is 16.7 Å². The van der Waals surface area contributed by atoms with Crippen molar-refractivity contribution in [2.24, 2.45) is 0 Å². The molecule has 1 amide bonds. The maximum Gasteiger partial charge on any atom is 0.272 e. The SMILES string of the molecule is Cc1cnc(CCNC(=O)c2n[nH]c(=O)c3ccccc23)n1C1CCC1. The van der Waals surface area contributed by atoms with Gasteiger partial charge in [-0.2, -0.15) is 5.10 Å². The monoisotopic (exact) mass is 351 g/mol. The molecule has 1 saturated carbocycles. The lowest BCUT2D eigenvalue weighted by Gasteiger charge is -2.29. The number of aromatic amines is 1. The second kappa shape index (κ2) is 6.74. The molecule has 3 aromatic rings. The van der Waals surface area contributed by atoms with E-state index in [0.29, 0.717) is 29.8 Å². The summed E-state index contributed by atoms with van der Waals surface area (Å²) < 4.78 is 2.29. The fraction of sp³-hybridized carbons (Fsp3) is 0.368. The molecule has 4 rings (SSSR count). The first-order chi connectivity index (χ1) is 12.6. The van der Waals surface area contributed by atoms with Gasteiger partial charge in [-0.15, -0.1) is 0 Å². The highest BCUT2D eigenvalue weighted by Crippen LogP contribution is 2.33. The highest BCUT2D eigenvalue weighted by Gasteiger charge is 2.23. The normalized spacial score (nSPS) is 14.3. The van der Waals surface area contributed by atoms with Crippen molar-refractivity contribution in [3.63, 3.8) is 0 Å². The molecule has 0 saturated heterocycles. The van der Waals surface area contributed by atoms with E-state index in [2.05, 4.69) is 32.0 Å². The lowest BCUT2D eigenvalue weighted by molar-refractivity contribution is 0.0949. The molecule has 0 atom stereocenters. The van der Waals surface area contributed by atoms with E-state index in [1.165, 1.54) is 25.0 Å². The quantitative estimate of drug-likeness (QED) is 0.736. The largest absolute Gasteiger partial charge is 0.350 e. The van der Waals surface area contributed by atoms with Crippen LogP contribution in [0.25, 0.3) is 10.8 Å². The number of carbonyl (C=O) groups excluding carboxylic acids is 1. The first-order valence-electron chi connectivity index (χ1n) is 8.93. The van der Waals surface area contributed by atoms with Gasteiger partial charge in [0.25, 0.3) is 11.5 Å². The van der Waals surface area contributed by atoms with Crippen LogP contribution in [-0.2, 0) is 6.42 Å². The molecule has 0 unspecified atom stereocenters. The van der Waals surface area contributed by atoms with Crippen LogP contribution in [0.4, 0.5) is 0 Å². The number of hydrogen-bond acceptors (Lipinski definition) is 4. The summed E-state index contributed by atoms with van der Waals surface area (Å²) in [5, 5.41) is 10.2. The Morgan fingerprint density at radius 2 is 2.08 bits per heavy atom. The average Bonchev–Trinajstić information content (AvgIpc) is 2.95. The molecule has 0 bridgehead atoms. The minimum absolute atomic E-state index is 0.235. The summed E-state index contributed by atoms with van der Waals surface area (Å²) in [5.74, 6) is 0.711. The van der Waals surface area contributed by atoms with E-state index in [4.69, 9.17) is 0 Å². The van der Waals surface area contributed by atoms with E-state index in [-0.39, 0.29) is 17.2 Å². The third kappa shape index (κ3) is 2.89. The summed E-state index contributed by atoms with van der Waals surface area (Å²) in [5.41, 5.74) is 1.11. The molecule has 7 heteroatoms. The van der Waals surface area contributed by atoms with E-state index >= 15 is 0 Å². The Labute approximate surface area is 150 Å². The smallest absolute Gasteiger partial charge is 0.272 e. The number of aromatic nitrogens is 4. The molecule has 1 aromatic carbocycles. The molecule has 26 heavy (non-hydrogen) atoms. The summed E-state index contributed by atoms with van der Waals surface area (Å²) in [6.07, 6.45) is 6.22. The van der Waals surface area contributed by atoms with Crippen LogP contribution >= 0.6 is 0 Å². The van der Waals surface area contributed by atoms with Gasteiger partial charge in [0, 0.05) is 36.3 Å². The van der Waals surface area contributed by atoms with Crippen molar-refractivity contribution in [3.8, 4) is 0 Å². The number of hydrogen-bond donors (Lipinski definition) is 2. The Morgan fingerprint density at radius 1 is 1.31 bits per heavy atom. The molecule has 0 radical (unpaired) electrons. The maximum absolute atomic E-state index is 12.5. The topological polar surface area (TPSA) is 92.7 Å². The molecule has 0 spiro atoms. The number of H-pyrrole nitrogens is 1. The van der Waals surface area contributed by atoms with Gasteiger partial charge in [-0.05, 0) is 32.3 Å².